The summed E-state index contributed by atoms with van der Waals surface area (Å²) in [6.45, 7) is 2.35. The summed E-state index contributed by atoms with van der Waals surface area (Å²) < 4.78 is 0. The molecule has 1 heterocycles. The predicted octanol–water partition coefficient (Wildman–Crippen LogP) is 3.13. The average Bonchev–Trinajstić information content (AvgIpc) is 2.67. The summed E-state index contributed by atoms with van der Waals surface area (Å²) in [5.74, 6) is -0.214. The van der Waals surface area contributed by atoms with Crippen molar-refractivity contribution in [3.8, 4) is 17.2 Å². The van der Waals surface area contributed by atoms with Crippen LogP contribution in [0.2, 0.25) is 0 Å². The van der Waals surface area contributed by atoms with Crippen LogP contribution in [0, 0.1) is 11.3 Å². The van der Waals surface area contributed by atoms with Crippen LogP contribution in [-0.2, 0) is 0 Å². The van der Waals surface area contributed by atoms with Gasteiger partial charge in [-0.3, -0.25) is 0 Å². The standard InChI is InChI=1S/C21H23N3O2/c1-2-12-23-21(26)24-18(13-22)20(19(24)14-25)17-11-7-6-10-16(17)15-8-4-3-5-9-15/h3-11,18-20,25H,2,12,14H2,1H3,(H,23,26)/t18-,19+,20+/m0/s1. The molecule has 0 spiro atoms. The van der Waals surface area contributed by atoms with Gasteiger partial charge in [-0.1, -0.05) is 61.5 Å². The zero-order chi connectivity index (χ0) is 18.5. The van der Waals surface area contributed by atoms with E-state index in [4.69, 9.17) is 0 Å². The minimum atomic E-state index is -0.589. The summed E-state index contributed by atoms with van der Waals surface area (Å²) in [7, 11) is 0. The lowest BCUT2D eigenvalue weighted by Gasteiger charge is -2.51. The number of carbonyl (C=O) groups is 1. The van der Waals surface area contributed by atoms with Crippen molar-refractivity contribution in [3.05, 3.63) is 60.2 Å². The van der Waals surface area contributed by atoms with Gasteiger partial charge in [0, 0.05) is 12.5 Å². The Labute approximate surface area is 153 Å². The number of hydrogen-bond donors (Lipinski definition) is 2. The van der Waals surface area contributed by atoms with E-state index in [2.05, 4.69) is 11.4 Å². The Morgan fingerprint density at radius 1 is 1.19 bits per heavy atom. The number of amides is 2. The van der Waals surface area contributed by atoms with Crippen LogP contribution in [-0.4, -0.2) is 41.3 Å². The summed E-state index contributed by atoms with van der Waals surface area (Å²) >= 11 is 0. The molecule has 2 amide bonds. The number of benzene rings is 2. The van der Waals surface area contributed by atoms with Gasteiger partial charge in [0.05, 0.1) is 18.7 Å². The van der Waals surface area contributed by atoms with Crippen LogP contribution in [0.15, 0.2) is 54.6 Å². The monoisotopic (exact) mass is 349 g/mol. The zero-order valence-corrected chi connectivity index (χ0v) is 14.8. The van der Waals surface area contributed by atoms with Gasteiger partial charge >= 0.3 is 6.03 Å². The SMILES string of the molecule is CCCNC(=O)N1[C@H](CO)[C@H](c2ccccc2-c2ccccc2)[C@@H]1C#N. The van der Waals surface area contributed by atoms with E-state index in [1.165, 1.54) is 4.90 Å². The molecule has 0 aliphatic carbocycles. The van der Waals surface area contributed by atoms with Gasteiger partial charge in [-0.2, -0.15) is 5.26 Å². The summed E-state index contributed by atoms with van der Waals surface area (Å²) in [5.41, 5.74) is 3.08. The quantitative estimate of drug-likeness (QED) is 0.871. The molecule has 134 valence electrons. The van der Waals surface area contributed by atoms with Crippen LogP contribution in [0.3, 0.4) is 0 Å². The van der Waals surface area contributed by atoms with Gasteiger partial charge in [0.2, 0.25) is 0 Å². The summed E-state index contributed by atoms with van der Waals surface area (Å²) in [6, 6.07) is 18.8. The van der Waals surface area contributed by atoms with Crippen molar-refractivity contribution in [1.82, 2.24) is 10.2 Å². The molecule has 1 aliphatic heterocycles. The number of urea groups is 1. The van der Waals surface area contributed by atoms with E-state index >= 15 is 0 Å². The number of aliphatic hydroxyl groups is 1. The van der Waals surface area contributed by atoms with E-state index in [0.29, 0.717) is 6.54 Å². The van der Waals surface area contributed by atoms with Gasteiger partial charge < -0.3 is 15.3 Å². The summed E-state index contributed by atoms with van der Waals surface area (Å²) in [6.07, 6.45) is 0.820. The van der Waals surface area contributed by atoms with Crippen LogP contribution < -0.4 is 5.32 Å². The normalized spacial score (nSPS) is 21.6. The van der Waals surface area contributed by atoms with Crippen molar-refractivity contribution in [2.24, 2.45) is 0 Å². The first kappa shape index (κ1) is 18.0. The number of hydrogen-bond acceptors (Lipinski definition) is 3. The van der Waals surface area contributed by atoms with E-state index in [9.17, 15) is 15.2 Å². The fourth-order valence-corrected chi connectivity index (χ4v) is 3.65. The molecule has 2 aromatic rings. The van der Waals surface area contributed by atoms with Gasteiger partial charge in [-0.15, -0.1) is 0 Å². The Hall–Kier alpha value is -2.84. The van der Waals surface area contributed by atoms with E-state index in [1.807, 2.05) is 61.5 Å². The highest BCUT2D eigenvalue weighted by Gasteiger charge is 2.52. The largest absolute Gasteiger partial charge is 0.394 e. The van der Waals surface area contributed by atoms with Crippen LogP contribution >= 0.6 is 0 Å². The fourth-order valence-electron chi connectivity index (χ4n) is 3.65. The van der Waals surface area contributed by atoms with Crippen molar-refractivity contribution in [2.45, 2.75) is 31.3 Å². The molecule has 26 heavy (non-hydrogen) atoms. The number of rotatable bonds is 5. The lowest BCUT2D eigenvalue weighted by Crippen LogP contribution is -2.67. The predicted molar refractivity (Wildman–Crippen MR) is 100 cm³/mol. The van der Waals surface area contributed by atoms with E-state index < -0.39 is 12.1 Å². The molecule has 2 N–H and O–H groups in total. The van der Waals surface area contributed by atoms with Gasteiger partial charge in [0.15, 0.2) is 0 Å². The first-order valence-corrected chi connectivity index (χ1v) is 8.93. The maximum atomic E-state index is 12.4. The van der Waals surface area contributed by atoms with E-state index in [1.54, 1.807) is 0 Å². The molecule has 2 aromatic carbocycles. The van der Waals surface area contributed by atoms with Crippen LogP contribution in [0.4, 0.5) is 4.79 Å². The van der Waals surface area contributed by atoms with Crippen molar-refractivity contribution in [1.29, 1.82) is 5.26 Å². The minimum Gasteiger partial charge on any atom is -0.394 e. The van der Waals surface area contributed by atoms with Crippen LogP contribution in [0.25, 0.3) is 11.1 Å². The Bertz CT molecular complexity index is 800. The molecular weight excluding hydrogens is 326 g/mol. The average molecular weight is 349 g/mol. The molecule has 0 aromatic heterocycles. The van der Waals surface area contributed by atoms with Crippen molar-refractivity contribution in [2.75, 3.05) is 13.2 Å². The highest BCUT2D eigenvalue weighted by Crippen LogP contribution is 2.43. The van der Waals surface area contributed by atoms with Gasteiger partial charge in [-0.25, -0.2) is 4.79 Å². The van der Waals surface area contributed by atoms with Crippen molar-refractivity contribution in [3.63, 3.8) is 0 Å². The maximum absolute atomic E-state index is 12.4. The highest BCUT2D eigenvalue weighted by molar-refractivity contribution is 5.78. The molecule has 3 atom stereocenters. The molecule has 5 nitrogen and oxygen atoms in total. The van der Waals surface area contributed by atoms with E-state index in [-0.39, 0.29) is 18.6 Å². The Balaban J connectivity index is 1.95. The van der Waals surface area contributed by atoms with Gasteiger partial charge in [-0.05, 0) is 23.1 Å². The molecule has 0 radical (unpaired) electrons. The van der Waals surface area contributed by atoms with Gasteiger partial charge in [0.1, 0.15) is 6.04 Å². The Morgan fingerprint density at radius 2 is 1.88 bits per heavy atom. The van der Waals surface area contributed by atoms with E-state index in [0.717, 1.165) is 23.1 Å². The number of likely N-dealkylation sites (tertiary alicyclic amines) is 1. The smallest absolute Gasteiger partial charge is 0.318 e. The number of nitrogens with zero attached hydrogens (tertiary/aromatic N) is 2. The number of nitrogens with one attached hydrogen (secondary N) is 1. The van der Waals surface area contributed by atoms with Crippen LogP contribution in [0.5, 0.6) is 0 Å². The molecule has 5 heteroatoms. The molecule has 1 fully saturated rings. The third-order valence-electron chi connectivity index (χ3n) is 4.90. The third kappa shape index (κ3) is 3.16. The maximum Gasteiger partial charge on any atom is 0.318 e. The van der Waals surface area contributed by atoms with Gasteiger partial charge in [0.25, 0.3) is 0 Å². The second-order valence-electron chi connectivity index (χ2n) is 6.44. The molecular formula is C21H23N3O2. The van der Waals surface area contributed by atoms with Crippen LogP contribution in [0.1, 0.15) is 24.8 Å². The first-order chi connectivity index (χ1) is 12.7. The second kappa shape index (κ2) is 8.03. The molecule has 0 unspecified atom stereocenters. The molecule has 0 saturated carbocycles. The lowest BCUT2D eigenvalue weighted by atomic mass is 9.73. The third-order valence-corrected chi connectivity index (χ3v) is 4.90. The lowest BCUT2D eigenvalue weighted by molar-refractivity contribution is 0.0171. The highest BCUT2D eigenvalue weighted by atomic mass is 16.3. The molecule has 1 aliphatic rings. The fraction of sp³-hybridized carbons (Fsp3) is 0.333. The zero-order valence-electron chi connectivity index (χ0n) is 14.8. The Kier molecular flexibility index (Phi) is 5.55. The minimum absolute atomic E-state index is 0.175. The molecule has 1 saturated heterocycles. The molecule has 0 bridgehead atoms. The number of carbonyl (C=O) groups excluding carboxylic acids is 1. The second-order valence-corrected chi connectivity index (χ2v) is 6.44. The molecule has 3 rings (SSSR count). The first-order valence-electron chi connectivity index (χ1n) is 8.93. The Morgan fingerprint density at radius 3 is 2.54 bits per heavy atom. The number of nitriles is 1. The van der Waals surface area contributed by atoms with Crippen molar-refractivity contribution < 1.29 is 9.90 Å². The van der Waals surface area contributed by atoms with Crippen molar-refractivity contribution >= 4 is 6.03 Å². The number of aliphatic hydroxyl groups excluding tert-OH is 1. The summed E-state index contributed by atoms with van der Waals surface area (Å²) in [4.78, 5) is 13.9. The topological polar surface area (TPSA) is 76.4 Å². The summed E-state index contributed by atoms with van der Waals surface area (Å²) in [5, 5.41) is 22.4.